The zero-order valence-electron chi connectivity index (χ0n) is 14.1. The molecule has 0 bridgehead atoms. The average Bonchev–Trinajstić information content (AvgIpc) is 3.26. The van der Waals surface area contributed by atoms with Crippen molar-refractivity contribution in [3.63, 3.8) is 0 Å². The molecule has 1 atom stereocenters. The number of hydrogen-bond acceptors (Lipinski definition) is 6. The maximum atomic E-state index is 10.2. The number of likely N-dealkylation sites (N-methyl/N-ethyl adjacent to an activating group) is 1. The van der Waals surface area contributed by atoms with Gasteiger partial charge in [0.05, 0.1) is 6.10 Å². The van der Waals surface area contributed by atoms with Crippen molar-refractivity contribution in [1.82, 2.24) is 20.1 Å². The van der Waals surface area contributed by atoms with Crippen molar-refractivity contribution in [3.05, 3.63) is 64.1 Å². The van der Waals surface area contributed by atoms with E-state index in [1.165, 1.54) is 22.2 Å². The molecule has 1 aromatic carbocycles. The summed E-state index contributed by atoms with van der Waals surface area (Å²) in [6.07, 6.45) is 0.353. The summed E-state index contributed by atoms with van der Waals surface area (Å²) in [5.74, 6) is 1.44. The molecule has 3 rings (SSSR count). The Labute approximate surface area is 156 Å². The Bertz CT molecular complexity index is 746. The Hall–Kier alpha value is -1.67. The van der Waals surface area contributed by atoms with Crippen molar-refractivity contribution in [2.75, 3.05) is 19.3 Å². The van der Waals surface area contributed by atoms with Crippen LogP contribution in [0.25, 0.3) is 0 Å². The number of nitrogens with one attached hydrogen (secondary N) is 1. The fourth-order valence-corrected chi connectivity index (χ4v) is 3.98. The molecule has 0 radical (unpaired) electrons. The van der Waals surface area contributed by atoms with E-state index < -0.39 is 6.10 Å². The zero-order valence-corrected chi connectivity index (χ0v) is 15.8. The van der Waals surface area contributed by atoms with Crippen molar-refractivity contribution in [3.8, 4) is 0 Å². The summed E-state index contributed by atoms with van der Waals surface area (Å²) in [5.41, 5.74) is 1.25. The van der Waals surface area contributed by atoms with Gasteiger partial charge in [-0.05, 0) is 24.1 Å². The second kappa shape index (κ2) is 9.15. The van der Waals surface area contributed by atoms with Crippen LogP contribution < -0.4 is 0 Å². The van der Waals surface area contributed by atoms with Crippen molar-refractivity contribution in [1.29, 1.82) is 0 Å². The largest absolute Gasteiger partial charge is 0.391 e. The lowest BCUT2D eigenvalue weighted by Crippen LogP contribution is -2.30. The van der Waals surface area contributed by atoms with Gasteiger partial charge in [0.2, 0.25) is 5.16 Å². The molecule has 0 spiro atoms. The number of hydrogen-bond donors (Lipinski definition) is 2. The molecule has 2 N–H and O–H groups in total. The van der Waals surface area contributed by atoms with E-state index in [1.54, 1.807) is 11.3 Å². The molecule has 0 aliphatic carbocycles. The van der Waals surface area contributed by atoms with E-state index in [4.69, 9.17) is 0 Å². The molecule has 25 heavy (non-hydrogen) atoms. The highest BCUT2D eigenvalue weighted by molar-refractivity contribution is 7.99. The number of thiophene rings is 1. The lowest BCUT2D eigenvalue weighted by Gasteiger charge is -2.20. The Morgan fingerprint density at radius 1 is 1.24 bits per heavy atom. The molecule has 0 aliphatic rings. The lowest BCUT2D eigenvalue weighted by molar-refractivity contribution is 0.142. The summed E-state index contributed by atoms with van der Waals surface area (Å²) < 4.78 is 0. The van der Waals surface area contributed by atoms with E-state index in [9.17, 15) is 5.11 Å². The molecule has 0 amide bonds. The smallest absolute Gasteiger partial charge is 0.208 e. The van der Waals surface area contributed by atoms with Crippen molar-refractivity contribution < 1.29 is 5.11 Å². The molecule has 5 nitrogen and oxygen atoms in total. The third-order valence-electron chi connectivity index (χ3n) is 3.66. The predicted molar refractivity (Wildman–Crippen MR) is 103 cm³/mol. The fourth-order valence-electron chi connectivity index (χ4n) is 2.54. The zero-order chi connectivity index (χ0) is 17.5. The van der Waals surface area contributed by atoms with Crippen molar-refractivity contribution in [2.45, 2.75) is 24.2 Å². The minimum absolute atomic E-state index is 0.419. The van der Waals surface area contributed by atoms with Crippen LogP contribution in [0.1, 0.15) is 16.3 Å². The van der Waals surface area contributed by atoms with Crippen LogP contribution in [-0.4, -0.2) is 50.6 Å². The first kappa shape index (κ1) is 18.1. The molecule has 2 heterocycles. The van der Waals surface area contributed by atoms with Crippen LogP contribution in [0.15, 0.2) is 53.0 Å². The summed E-state index contributed by atoms with van der Waals surface area (Å²) in [5, 5.41) is 20.2. The lowest BCUT2D eigenvalue weighted by atomic mass is 10.2. The standard InChI is InChI=1S/C18H22N4OS2/c1-22(11-14-6-3-2-4-7-14)12-15(23)13-25-18-19-17(20-21-18)10-16-8-5-9-24-16/h2-9,15,23H,10-13H2,1H3,(H,19,20,21). The van der Waals surface area contributed by atoms with Gasteiger partial charge < -0.3 is 5.11 Å². The minimum Gasteiger partial charge on any atom is -0.391 e. The highest BCUT2D eigenvalue weighted by Crippen LogP contribution is 2.17. The van der Waals surface area contributed by atoms with Crippen LogP contribution in [0.4, 0.5) is 0 Å². The predicted octanol–water partition coefficient (Wildman–Crippen LogP) is 3.04. The van der Waals surface area contributed by atoms with E-state index in [0.29, 0.717) is 17.5 Å². The number of rotatable bonds is 9. The van der Waals surface area contributed by atoms with E-state index in [2.05, 4.69) is 43.7 Å². The summed E-state index contributed by atoms with van der Waals surface area (Å²) in [6.45, 7) is 1.45. The molecule has 0 saturated carbocycles. The van der Waals surface area contributed by atoms with Crippen molar-refractivity contribution in [2.24, 2.45) is 0 Å². The summed E-state index contributed by atoms with van der Waals surface area (Å²) >= 11 is 3.20. The first-order valence-electron chi connectivity index (χ1n) is 8.16. The number of aliphatic hydroxyl groups excluding tert-OH is 1. The topological polar surface area (TPSA) is 65.0 Å². The van der Waals surface area contributed by atoms with Crippen LogP contribution in [0.3, 0.4) is 0 Å². The maximum absolute atomic E-state index is 10.2. The number of H-pyrrole nitrogens is 1. The van der Waals surface area contributed by atoms with Crippen LogP contribution in [0, 0.1) is 0 Å². The monoisotopic (exact) mass is 374 g/mol. The Balaban J connectivity index is 1.41. The van der Waals surface area contributed by atoms with Crippen molar-refractivity contribution >= 4 is 23.1 Å². The van der Waals surface area contributed by atoms with Crippen LogP contribution >= 0.6 is 23.1 Å². The van der Waals surface area contributed by atoms with E-state index in [-0.39, 0.29) is 0 Å². The third-order valence-corrected chi connectivity index (χ3v) is 5.52. The van der Waals surface area contributed by atoms with Gasteiger partial charge in [0.25, 0.3) is 0 Å². The number of aromatic nitrogens is 3. The molecule has 2 aromatic heterocycles. The molecule has 7 heteroatoms. The Morgan fingerprint density at radius 2 is 2.08 bits per heavy atom. The molecular weight excluding hydrogens is 352 g/mol. The molecule has 1 unspecified atom stereocenters. The second-order valence-corrected chi connectivity index (χ2v) is 7.99. The molecule has 3 aromatic rings. The van der Waals surface area contributed by atoms with E-state index in [0.717, 1.165) is 18.8 Å². The minimum atomic E-state index is -0.419. The average molecular weight is 375 g/mol. The number of nitrogens with zero attached hydrogens (tertiary/aromatic N) is 3. The number of benzene rings is 1. The molecule has 132 valence electrons. The number of aromatic amines is 1. The van der Waals surface area contributed by atoms with Crippen LogP contribution in [-0.2, 0) is 13.0 Å². The van der Waals surface area contributed by atoms with Gasteiger partial charge in [-0.15, -0.1) is 16.4 Å². The van der Waals surface area contributed by atoms with E-state index >= 15 is 0 Å². The van der Waals surface area contributed by atoms with Gasteiger partial charge in [0.15, 0.2) is 0 Å². The Morgan fingerprint density at radius 3 is 2.84 bits per heavy atom. The van der Waals surface area contributed by atoms with E-state index in [1.807, 2.05) is 31.3 Å². The number of aliphatic hydroxyl groups is 1. The SMILES string of the molecule is CN(Cc1ccccc1)CC(O)CSc1n[nH]c(Cc2cccs2)n1. The summed E-state index contributed by atoms with van der Waals surface area (Å²) in [7, 11) is 2.02. The molecule has 0 fully saturated rings. The van der Waals surface area contributed by atoms with Gasteiger partial charge in [0, 0.05) is 30.1 Å². The molecule has 0 aliphatic heterocycles. The maximum Gasteiger partial charge on any atom is 0.208 e. The highest BCUT2D eigenvalue weighted by Gasteiger charge is 2.12. The van der Waals surface area contributed by atoms with Crippen LogP contribution in [0.5, 0.6) is 0 Å². The normalized spacial score (nSPS) is 12.6. The van der Waals surface area contributed by atoms with Gasteiger partial charge >= 0.3 is 0 Å². The van der Waals surface area contributed by atoms with Gasteiger partial charge in [-0.2, -0.15) is 0 Å². The van der Waals surface area contributed by atoms with Gasteiger partial charge in [-0.3, -0.25) is 10.00 Å². The van der Waals surface area contributed by atoms with Gasteiger partial charge in [-0.25, -0.2) is 4.98 Å². The first-order chi connectivity index (χ1) is 12.2. The number of thioether (sulfide) groups is 1. The quantitative estimate of drug-likeness (QED) is 0.564. The van der Waals surface area contributed by atoms with Gasteiger partial charge in [0.1, 0.15) is 5.82 Å². The first-order valence-corrected chi connectivity index (χ1v) is 10.0. The fraction of sp³-hybridized carbons (Fsp3) is 0.333. The molecule has 0 saturated heterocycles. The van der Waals surface area contributed by atoms with Crippen LogP contribution in [0.2, 0.25) is 0 Å². The van der Waals surface area contributed by atoms with Gasteiger partial charge in [-0.1, -0.05) is 48.2 Å². The highest BCUT2D eigenvalue weighted by atomic mass is 32.2. The summed E-state index contributed by atoms with van der Waals surface area (Å²) in [4.78, 5) is 7.87. The summed E-state index contributed by atoms with van der Waals surface area (Å²) in [6, 6.07) is 14.4. The second-order valence-electron chi connectivity index (χ2n) is 5.97. The Kier molecular flexibility index (Phi) is 6.63. The molecular formula is C18H22N4OS2. The third kappa shape index (κ3) is 5.97.